The number of amides is 1. The SMILES string of the molecule is Cc1csc(CC(=O)N2CCC3(CCNC3)C2)n1. The van der Waals surface area contributed by atoms with Crippen molar-refractivity contribution in [1.82, 2.24) is 15.2 Å². The van der Waals surface area contributed by atoms with Crippen molar-refractivity contribution in [3.8, 4) is 0 Å². The van der Waals surface area contributed by atoms with Gasteiger partial charge in [-0.25, -0.2) is 4.98 Å². The molecule has 1 spiro atoms. The molecule has 3 rings (SSSR count). The Morgan fingerprint density at radius 3 is 3.17 bits per heavy atom. The molecule has 2 fully saturated rings. The third kappa shape index (κ3) is 2.29. The van der Waals surface area contributed by atoms with Crippen LogP contribution in [0.25, 0.3) is 0 Å². The fourth-order valence-corrected chi connectivity index (χ4v) is 3.78. The Hall–Kier alpha value is -0.940. The number of nitrogens with one attached hydrogen (secondary N) is 1. The van der Waals surface area contributed by atoms with E-state index < -0.39 is 0 Å². The average Bonchev–Trinajstić information content (AvgIpc) is 3.04. The van der Waals surface area contributed by atoms with Gasteiger partial charge in [-0.15, -0.1) is 11.3 Å². The van der Waals surface area contributed by atoms with E-state index in [2.05, 4.69) is 10.3 Å². The number of carbonyl (C=O) groups is 1. The number of nitrogens with zero attached hydrogens (tertiary/aromatic N) is 2. The van der Waals surface area contributed by atoms with Crippen LogP contribution in [-0.4, -0.2) is 42.0 Å². The molecule has 0 aliphatic carbocycles. The monoisotopic (exact) mass is 265 g/mol. The molecule has 5 heteroatoms. The number of aromatic nitrogens is 1. The van der Waals surface area contributed by atoms with Gasteiger partial charge in [-0.2, -0.15) is 0 Å². The van der Waals surface area contributed by atoms with E-state index in [4.69, 9.17) is 0 Å². The van der Waals surface area contributed by atoms with Crippen molar-refractivity contribution >= 4 is 17.2 Å². The second-order valence-electron chi connectivity index (χ2n) is 5.55. The molecule has 1 atom stereocenters. The Morgan fingerprint density at radius 1 is 1.61 bits per heavy atom. The first-order valence-corrected chi connectivity index (χ1v) is 7.44. The van der Waals surface area contributed by atoms with Crippen LogP contribution in [0.2, 0.25) is 0 Å². The summed E-state index contributed by atoms with van der Waals surface area (Å²) in [6.45, 7) is 6.01. The van der Waals surface area contributed by atoms with Gasteiger partial charge in [0.25, 0.3) is 0 Å². The summed E-state index contributed by atoms with van der Waals surface area (Å²) in [6.07, 6.45) is 2.85. The van der Waals surface area contributed by atoms with Crippen LogP contribution in [0, 0.1) is 12.3 Å². The maximum absolute atomic E-state index is 12.2. The number of likely N-dealkylation sites (tertiary alicyclic amines) is 1. The molecule has 2 saturated heterocycles. The highest BCUT2D eigenvalue weighted by Crippen LogP contribution is 2.36. The minimum Gasteiger partial charge on any atom is -0.342 e. The first kappa shape index (κ1) is 12.1. The van der Waals surface area contributed by atoms with E-state index in [0.717, 1.165) is 43.3 Å². The summed E-state index contributed by atoms with van der Waals surface area (Å²) in [5.74, 6) is 0.244. The van der Waals surface area contributed by atoms with E-state index in [1.807, 2.05) is 17.2 Å². The van der Waals surface area contributed by atoms with Crippen molar-refractivity contribution in [2.24, 2.45) is 5.41 Å². The summed E-state index contributed by atoms with van der Waals surface area (Å²) in [6, 6.07) is 0. The summed E-state index contributed by atoms with van der Waals surface area (Å²) >= 11 is 1.59. The molecule has 2 aliphatic rings. The average molecular weight is 265 g/mol. The van der Waals surface area contributed by atoms with Gasteiger partial charge < -0.3 is 10.2 Å². The van der Waals surface area contributed by atoms with Crippen LogP contribution < -0.4 is 5.32 Å². The standard InChI is InChI=1S/C13H19N3OS/c1-10-7-18-11(15-10)6-12(17)16-5-3-13(9-16)2-4-14-8-13/h7,14H,2-6,8-9H2,1H3. The predicted octanol–water partition coefficient (Wildman–Crippen LogP) is 1.21. The topological polar surface area (TPSA) is 45.2 Å². The van der Waals surface area contributed by atoms with Crippen LogP contribution >= 0.6 is 11.3 Å². The van der Waals surface area contributed by atoms with Crippen molar-refractivity contribution in [3.63, 3.8) is 0 Å². The summed E-state index contributed by atoms with van der Waals surface area (Å²) in [5.41, 5.74) is 1.38. The number of carbonyl (C=O) groups excluding carboxylic acids is 1. The lowest BCUT2D eigenvalue weighted by molar-refractivity contribution is -0.129. The Bertz CT molecular complexity index is 451. The van der Waals surface area contributed by atoms with E-state index in [-0.39, 0.29) is 5.91 Å². The van der Waals surface area contributed by atoms with Crippen molar-refractivity contribution < 1.29 is 4.79 Å². The zero-order chi connectivity index (χ0) is 12.6. The molecule has 1 aromatic rings. The van der Waals surface area contributed by atoms with Crippen LogP contribution in [0.4, 0.5) is 0 Å². The quantitative estimate of drug-likeness (QED) is 0.874. The third-order valence-corrected chi connectivity index (χ3v) is 5.06. The Labute approximate surface area is 111 Å². The molecule has 1 unspecified atom stereocenters. The summed E-state index contributed by atoms with van der Waals surface area (Å²) < 4.78 is 0. The Kier molecular flexibility index (Phi) is 3.11. The highest BCUT2D eigenvalue weighted by atomic mass is 32.1. The predicted molar refractivity (Wildman–Crippen MR) is 71.7 cm³/mol. The van der Waals surface area contributed by atoms with Crippen molar-refractivity contribution in [2.45, 2.75) is 26.2 Å². The minimum absolute atomic E-state index is 0.244. The normalized spacial score (nSPS) is 27.3. The fourth-order valence-electron chi connectivity index (χ4n) is 3.02. The van der Waals surface area contributed by atoms with Gasteiger partial charge in [0.1, 0.15) is 5.01 Å². The van der Waals surface area contributed by atoms with Crippen LogP contribution in [-0.2, 0) is 11.2 Å². The Balaban J connectivity index is 1.60. The molecular formula is C13H19N3OS. The zero-order valence-electron chi connectivity index (χ0n) is 10.7. The van der Waals surface area contributed by atoms with Gasteiger partial charge in [-0.1, -0.05) is 0 Å². The molecule has 18 heavy (non-hydrogen) atoms. The van der Waals surface area contributed by atoms with Gasteiger partial charge >= 0.3 is 0 Å². The van der Waals surface area contributed by atoms with Crippen LogP contribution in [0.1, 0.15) is 23.5 Å². The first-order valence-electron chi connectivity index (χ1n) is 6.56. The first-order chi connectivity index (χ1) is 8.67. The second-order valence-corrected chi connectivity index (χ2v) is 6.49. The summed E-state index contributed by atoms with van der Waals surface area (Å²) in [4.78, 5) is 18.6. The molecule has 1 N–H and O–H groups in total. The molecule has 0 radical (unpaired) electrons. The maximum Gasteiger partial charge on any atom is 0.229 e. The molecule has 98 valence electrons. The smallest absolute Gasteiger partial charge is 0.229 e. The summed E-state index contributed by atoms with van der Waals surface area (Å²) in [7, 11) is 0. The van der Waals surface area contributed by atoms with Gasteiger partial charge in [0.2, 0.25) is 5.91 Å². The number of rotatable bonds is 2. The number of aryl methyl sites for hydroxylation is 1. The Morgan fingerprint density at radius 2 is 2.50 bits per heavy atom. The van der Waals surface area contributed by atoms with Crippen molar-refractivity contribution in [3.05, 3.63) is 16.1 Å². The highest BCUT2D eigenvalue weighted by molar-refractivity contribution is 7.09. The van der Waals surface area contributed by atoms with E-state index in [0.29, 0.717) is 11.8 Å². The highest BCUT2D eigenvalue weighted by Gasteiger charge is 2.41. The zero-order valence-corrected chi connectivity index (χ0v) is 11.6. The molecule has 0 bridgehead atoms. The molecule has 4 nitrogen and oxygen atoms in total. The van der Waals surface area contributed by atoms with Crippen LogP contribution in [0.3, 0.4) is 0 Å². The van der Waals surface area contributed by atoms with Crippen LogP contribution in [0.15, 0.2) is 5.38 Å². The number of hydrogen-bond donors (Lipinski definition) is 1. The van der Waals surface area contributed by atoms with Gasteiger partial charge in [0.05, 0.1) is 6.42 Å². The fraction of sp³-hybridized carbons (Fsp3) is 0.692. The van der Waals surface area contributed by atoms with Crippen molar-refractivity contribution in [1.29, 1.82) is 0 Å². The largest absolute Gasteiger partial charge is 0.342 e. The molecule has 2 aliphatic heterocycles. The molecule has 0 saturated carbocycles. The second kappa shape index (κ2) is 4.63. The number of hydrogen-bond acceptors (Lipinski definition) is 4. The van der Waals surface area contributed by atoms with Crippen LogP contribution in [0.5, 0.6) is 0 Å². The lowest BCUT2D eigenvalue weighted by Crippen LogP contribution is -2.34. The van der Waals surface area contributed by atoms with E-state index in [1.54, 1.807) is 11.3 Å². The lowest BCUT2D eigenvalue weighted by atomic mass is 9.87. The van der Waals surface area contributed by atoms with Crippen molar-refractivity contribution in [2.75, 3.05) is 26.2 Å². The van der Waals surface area contributed by atoms with E-state index in [9.17, 15) is 4.79 Å². The molecule has 0 aromatic carbocycles. The molecule has 1 amide bonds. The van der Waals surface area contributed by atoms with E-state index >= 15 is 0 Å². The lowest BCUT2D eigenvalue weighted by Gasteiger charge is -2.22. The van der Waals surface area contributed by atoms with Gasteiger partial charge in [-0.05, 0) is 26.3 Å². The van der Waals surface area contributed by atoms with Gasteiger partial charge in [0, 0.05) is 36.1 Å². The van der Waals surface area contributed by atoms with Gasteiger partial charge in [0.15, 0.2) is 0 Å². The summed E-state index contributed by atoms with van der Waals surface area (Å²) in [5, 5.41) is 6.38. The molecule has 3 heterocycles. The maximum atomic E-state index is 12.2. The molecular weight excluding hydrogens is 246 g/mol. The number of thiazole rings is 1. The minimum atomic E-state index is 0.244. The van der Waals surface area contributed by atoms with E-state index in [1.165, 1.54) is 6.42 Å². The molecule has 1 aromatic heterocycles. The third-order valence-electron chi connectivity index (χ3n) is 4.09. The van der Waals surface area contributed by atoms with Gasteiger partial charge in [-0.3, -0.25) is 4.79 Å².